The zero-order valence-corrected chi connectivity index (χ0v) is 21.4. The molecule has 0 N–H and O–H groups in total. The van der Waals surface area contributed by atoms with Gasteiger partial charge in [0.15, 0.2) is 16.2 Å². The highest BCUT2D eigenvalue weighted by Crippen LogP contribution is 2.31. The van der Waals surface area contributed by atoms with Gasteiger partial charge in [-0.15, -0.1) is 0 Å². The molecule has 0 aromatic carbocycles. The van der Waals surface area contributed by atoms with Gasteiger partial charge in [-0.05, 0) is 18.2 Å². The Morgan fingerprint density at radius 3 is 2.00 bits per heavy atom. The molecule has 0 aliphatic heterocycles. The van der Waals surface area contributed by atoms with Gasteiger partial charge in [0.05, 0.1) is 19.1 Å². The maximum absolute atomic E-state index is 10.5. The van der Waals surface area contributed by atoms with Gasteiger partial charge in [0.1, 0.15) is 5.94 Å². The average Bonchev–Trinajstić information content (AvgIpc) is 3.14. The average molecular weight is 477 g/mol. The Labute approximate surface area is 202 Å². The van der Waals surface area contributed by atoms with Crippen molar-refractivity contribution in [1.29, 1.82) is 0 Å². The molecule has 2 aromatic rings. The molecule has 2 heterocycles. The summed E-state index contributed by atoms with van der Waals surface area (Å²) in [4.78, 5) is 19.3. The lowest BCUT2D eigenvalue weighted by atomic mass is 10.0. The van der Waals surface area contributed by atoms with Crippen LogP contribution in [-0.4, -0.2) is 39.4 Å². The van der Waals surface area contributed by atoms with Gasteiger partial charge >= 0.3 is 0 Å². The van der Waals surface area contributed by atoms with Crippen molar-refractivity contribution in [3.8, 4) is 11.8 Å². The Morgan fingerprint density at radius 2 is 1.45 bits per heavy atom. The van der Waals surface area contributed by atoms with E-state index in [1.54, 1.807) is 10.6 Å². The van der Waals surface area contributed by atoms with Crippen LogP contribution >= 0.6 is 11.8 Å². The first-order valence-corrected chi connectivity index (χ1v) is 13.4. The fourth-order valence-electron chi connectivity index (χ4n) is 3.90. The molecule has 0 bridgehead atoms. The molecule has 0 radical (unpaired) electrons. The second-order valence-corrected chi connectivity index (χ2v) is 9.28. The molecule has 0 saturated carbocycles. The van der Waals surface area contributed by atoms with E-state index in [-0.39, 0.29) is 0 Å². The number of thioether (sulfide) groups is 1. The molecule has 0 spiro atoms. The lowest BCUT2D eigenvalue weighted by Gasteiger charge is -2.07. The minimum Gasteiger partial charge on any atom is -0.479 e. The third kappa shape index (κ3) is 9.76. The molecule has 184 valence electrons. The van der Waals surface area contributed by atoms with E-state index in [2.05, 4.69) is 22.0 Å². The number of methoxy groups -OCH3 is 1. The number of rotatable bonds is 19. The molecular formula is C25H40N4O3S. The number of nitrogens with zero attached hydrogens (tertiary/aromatic N) is 4. The van der Waals surface area contributed by atoms with E-state index in [9.17, 15) is 4.79 Å². The lowest BCUT2D eigenvalue weighted by molar-refractivity contribution is 0.282. The molecular weight excluding hydrogens is 436 g/mol. The highest BCUT2D eigenvalue weighted by atomic mass is 32.2. The monoisotopic (exact) mass is 476 g/mol. The Balaban J connectivity index is 1.63. The third-order valence-electron chi connectivity index (χ3n) is 5.72. The molecule has 0 atom stereocenters. The van der Waals surface area contributed by atoms with Crippen molar-refractivity contribution >= 4 is 28.7 Å². The van der Waals surface area contributed by atoms with Crippen LogP contribution in [0.5, 0.6) is 11.8 Å². The van der Waals surface area contributed by atoms with E-state index < -0.39 is 0 Å². The number of aromatic nitrogens is 4. The van der Waals surface area contributed by atoms with Gasteiger partial charge in [-0.2, -0.15) is 10.1 Å². The van der Waals surface area contributed by atoms with Crippen molar-refractivity contribution in [1.82, 2.24) is 19.7 Å². The van der Waals surface area contributed by atoms with Crippen LogP contribution < -0.4 is 9.47 Å². The first-order chi connectivity index (χ1) is 16.2. The van der Waals surface area contributed by atoms with Crippen molar-refractivity contribution in [3.05, 3.63) is 5.41 Å². The van der Waals surface area contributed by atoms with Crippen LogP contribution in [0.1, 0.15) is 96.8 Å². The van der Waals surface area contributed by atoms with E-state index in [4.69, 9.17) is 9.47 Å². The SMILES string of the molecule is CCCCCCCCCCCCCCCCOc1c2nc(SC=C=O)nc(OC)c2nn1C. The smallest absolute Gasteiger partial charge is 0.246 e. The number of carbonyl (C=O) groups excluding carboxylic acids is 1. The maximum atomic E-state index is 10.5. The summed E-state index contributed by atoms with van der Waals surface area (Å²) in [6.07, 6.45) is 18.6. The van der Waals surface area contributed by atoms with E-state index >= 15 is 0 Å². The summed E-state index contributed by atoms with van der Waals surface area (Å²) in [5, 5.41) is 6.11. The normalized spacial score (nSPS) is 11.0. The second kappa shape index (κ2) is 16.5. The van der Waals surface area contributed by atoms with Gasteiger partial charge in [-0.3, -0.25) is 0 Å². The Morgan fingerprint density at radius 1 is 0.879 bits per heavy atom. The van der Waals surface area contributed by atoms with E-state index in [0.717, 1.165) is 24.6 Å². The molecule has 33 heavy (non-hydrogen) atoms. The van der Waals surface area contributed by atoms with E-state index in [1.807, 2.05) is 7.05 Å². The summed E-state index contributed by atoms with van der Waals surface area (Å²) in [5.74, 6) is 2.68. The summed E-state index contributed by atoms with van der Waals surface area (Å²) in [5.41, 5.74) is 1.15. The largest absolute Gasteiger partial charge is 0.479 e. The fraction of sp³-hybridized carbons (Fsp3) is 0.720. The summed E-state index contributed by atoms with van der Waals surface area (Å²) in [6, 6.07) is 0. The predicted molar refractivity (Wildman–Crippen MR) is 135 cm³/mol. The topological polar surface area (TPSA) is 79.1 Å². The number of hydrogen-bond donors (Lipinski definition) is 0. The van der Waals surface area contributed by atoms with E-state index in [0.29, 0.717) is 34.6 Å². The number of fused-ring (bicyclic) bond motifs is 1. The Kier molecular flexibility index (Phi) is 13.6. The van der Waals surface area contributed by atoms with Gasteiger partial charge < -0.3 is 9.47 Å². The summed E-state index contributed by atoms with van der Waals surface area (Å²) in [6.45, 7) is 2.89. The highest BCUT2D eigenvalue weighted by Gasteiger charge is 2.19. The zero-order chi connectivity index (χ0) is 23.7. The predicted octanol–water partition coefficient (Wildman–Crippen LogP) is 6.67. The van der Waals surface area contributed by atoms with Crippen LogP contribution in [0.4, 0.5) is 0 Å². The quantitative estimate of drug-likeness (QED) is 0.0969. The Bertz CT molecular complexity index is 865. The summed E-state index contributed by atoms with van der Waals surface area (Å²) in [7, 11) is 3.36. The maximum Gasteiger partial charge on any atom is 0.246 e. The standard InChI is InChI=1S/C25H40N4O3S/c1-4-5-6-7-8-9-10-11-12-13-14-15-16-17-19-32-24-22-21(28-29(24)2)23(31-3)27-25(26-22)33-20-18-30/h20H,4-17,19H2,1-3H3. The van der Waals surface area contributed by atoms with Crippen molar-refractivity contribution in [2.24, 2.45) is 7.05 Å². The number of ether oxygens (including phenoxy) is 2. The Hall–Kier alpha value is -2.05. The molecule has 8 heteroatoms. The molecule has 0 aliphatic carbocycles. The van der Waals surface area contributed by atoms with Crippen LogP contribution in [0.2, 0.25) is 0 Å². The molecule has 7 nitrogen and oxygen atoms in total. The van der Waals surface area contributed by atoms with Gasteiger partial charge in [-0.1, -0.05) is 90.4 Å². The van der Waals surface area contributed by atoms with Crippen LogP contribution in [0.3, 0.4) is 0 Å². The minimum atomic E-state index is 0.365. The highest BCUT2D eigenvalue weighted by molar-refractivity contribution is 8.02. The van der Waals surface area contributed by atoms with E-state index in [1.165, 1.54) is 89.6 Å². The van der Waals surface area contributed by atoms with Crippen LogP contribution in [-0.2, 0) is 11.8 Å². The fourth-order valence-corrected chi connectivity index (χ4v) is 4.33. The zero-order valence-electron chi connectivity index (χ0n) is 20.6. The number of unbranched alkanes of at least 4 members (excludes halogenated alkanes) is 13. The van der Waals surface area contributed by atoms with Crippen molar-refractivity contribution < 1.29 is 14.3 Å². The van der Waals surface area contributed by atoms with Gasteiger partial charge in [0.25, 0.3) is 0 Å². The molecule has 0 unspecified atom stereocenters. The minimum absolute atomic E-state index is 0.365. The molecule has 0 fully saturated rings. The van der Waals surface area contributed by atoms with Gasteiger partial charge in [-0.25, -0.2) is 14.5 Å². The lowest BCUT2D eigenvalue weighted by Crippen LogP contribution is -2.03. The van der Waals surface area contributed by atoms with Gasteiger partial charge in [0.2, 0.25) is 11.8 Å². The third-order valence-corrected chi connectivity index (χ3v) is 6.33. The van der Waals surface area contributed by atoms with Crippen molar-refractivity contribution in [2.45, 2.75) is 102 Å². The van der Waals surface area contributed by atoms with Crippen molar-refractivity contribution in [3.63, 3.8) is 0 Å². The first-order valence-electron chi connectivity index (χ1n) is 12.5. The second-order valence-electron chi connectivity index (χ2n) is 8.44. The number of hydrogen-bond acceptors (Lipinski definition) is 7. The van der Waals surface area contributed by atoms with Crippen LogP contribution in [0.15, 0.2) is 10.6 Å². The molecule has 0 saturated heterocycles. The summed E-state index contributed by atoms with van der Waals surface area (Å²) >= 11 is 1.09. The number of aryl methyl sites for hydroxylation is 1. The molecule has 0 amide bonds. The molecule has 2 aromatic heterocycles. The first kappa shape index (κ1) is 27.2. The summed E-state index contributed by atoms with van der Waals surface area (Å²) < 4.78 is 13.0. The van der Waals surface area contributed by atoms with Crippen LogP contribution in [0.25, 0.3) is 11.0 Å². The molecule has 2 rings (SSSR count). The van der Waals surface area contributed by atoms with Crippen LogP contribution in [0, 0.1) is 0 Å². The van der Waals surface area contributed by atoms with Gasteiger partial charge in [0, 0.05) is 7.05 Å². The van der Waals surface area contributed by atoms with Crippen molar-refractivity contribution in [2.75, 3.05) is 13.7 Å². The molecule has 0 aliphatic rings.